The third kappa shape index (κ3) is 2.65. The Morgan fingerprint density at radius 1 is 1.40 bits per heavy atom. The van der Waals surface area contributed by atoms with Gasteiger partial charge in [0.25, 0.3) is 0 Å². The van der Waals surface area contributed by atoms with Crippen LogP contribution in [0, 0.1) is 0 Å². The Morgan fingerprint density at radius 3 is 2.87 bits per heavy atom. The van der Waals surface area contributed by atoms with Crippen molar-refractivity contribution in [2.24, 2.45) is 5.73 Å². The van der Waals surface area contributed by atoms with Gasteiger partial charge in [-0.2, -0.15) is 0 Å². The molecule has 2 atom stereocenters. The summed E-state index contributed by atoms with van der Waals surface area (Å²) in [7, 11) is 0. The minimum absolute atomic E-state index is 0.348. The molecule has 0 heterocycles. The Morgan fingerprint density at radius 2 is 2.20 bits per heavy atom. The molecule has 0 aromatic heterocycles. The van der Waals surface area contributed by atoms with Crippen LogP contribution in [-0.2, 0) is 0 Å². The van der Waals surface area contributed by atoms with Crippen molar-refractivity contribution in [2.75, 3.05) is 5.32 Å². The van der Waals surface area contributed by atoms with Gasteiger partial charge in [0.1, 0.15) is 0 Å². The molecule has 0 amide bonds. The zero-order valence-corrected chi connectivity index (χ0v) is 10.7. The lowest BCUT2D eigenvalue weighted by Crippen LogP contribution is -2.20. The summed E-state index contributed by atoms with van der Waals surface area (Å²) < 4.78 is 0.937. The van der Waals surface area contributed by atoms with E-state index in [1.54, 1.807) is 0 Å². The molecule has 0 radical (unpaired) electrons. The van der Waals surface area contributed by atoms with Crippen LogP contribution < -0.4 is 11.1 Å². The summed E-state index contributed by atoms with van der Waals surface area (Å²) in [4.78, 5) is 0. The lowest BCUT2D eigenvalue weighted by atomic mass is 10.2. The van der Waals surface area contributed by atoms with E-state index in [1.165, 1.54) is 0 Å². The van der Waals surface area contributed by atoms with Crippen molar-refractivity contribution >= 4 is 33.2 Å². The standard InChI is InChI=1S/C11H14BrClN2/c12-11-9(13)2-1-3-10(11)15-8-5-4-7(14)6-8/h1-3,7-8,15H,4-6,14H2. The van der Waals surface area contributed by atoms with Crippen LogP contribution in [0.2, 0.25) is 5.02 Å². The zero-order chi connectivity index (χ0) is 10.8. The molecule has 1 aromatic rings. The Balaban J connectivity index is 2.07. The van der Waals surface area contributed by atoms with Crippen LogP contribution in [0.3, 0.4) is 0 Å². The number of halogens is 2. The number of hydrogen-bond acceptors (Lipinski definition) is 2. The van der Waals surface area contributed by atoms with E-state index in [-0.39, 0.29) is 0 Å². The van der Waals surface area contributed by atoms with Crippen LogP contribution in [0.4, 0.5) is 5.69 Å². The van der Waals surface area contributed by atoms with Crippen molar-refractivity contribution in [2.45, 2.75) is 31.3 Å². The Bertz CT molecular complexity index is 356. The van der Waals surface area contributed by atoms with Gasteiger partial charge in [-0.1, -0.05) is 17.7 Å². The first-order chi connectivity index (χ1) is 7.16. The summed E-state index contributed by atoms with van der Waals surface area (Å²) in [6.45, 7) is 0. The molecule has 1 aliphatic rings. The largest absolute Gasteiger partial charge is 0.381 e. The zero-order valence-electron chi connectivity index (χ0n) is 8.34. The molecule has 2 rings (SSSR count). The third-order valence-corrected chi connectivity index (χ3v) is 4.18. The summed E-state index contributed by atoms with van der Waals surface area (Å²) in [5.74, 6) is 0. The van der Waals surface area contributed by atoms with Crippen LogP contribution >= 0.6 is 27.5 Å². The summed E-state index contributed by atoms with van der Waals surface area (Å²) in [6, 6.07) is 6.68. The van der Waals surface area contributed by atoms with Crippen molar-refractivity contribution in [1.82, 2.24) is 0 Å². The van der Waals surface area contributed by atoms with Gasteiger partial charge >= 0.3 is 0 Å². The average molecular weight is 290 g/mol. The summed E-state index contributed by atoms with van der Waals surface area (Å²) in [6.07, 6.45) is 3.29. The highest BCUT2D eigenvalue weighted by Gasteiger charge is 2.22. The van der Waals surface area contributed by atoms with E-state index in [2.05, 4.69) is 21.2 Å². The average Bonchev–Trinajstić information content (AvgIpc) is 2.59. The van der Waals surface area contributed by atoms with E-state index in [1.807, 2.05) is 18.2 Å². The topological polar surface area (TPSA) is 38.0 Å². The van der Waals surface area contributed by atoms with Gasteiger partial charge in [-0.25, -0.2) is 0 Å². The molecular weight excluding hydrogens is 275 g/mol. The highest BCUT2D eigenvalue weighted by atomic mass is 79.9. The second kappa shape index (κ2) is 4.73. The molecule has 1 saturated carbocycles. The second-order valence-corrected chi connectivity index (χ2v) is 5.22. The number of benzene rings is 1. The minimum Gasteiger partial charge on any atom is -0.381 e. The van der Waals surface area contributed by atoms with E-state index >= 15 is 0 Å². The normalized spacial score (nSPS) is 25.5. The SMILES string of the molecule is NC1CCC(Nc2cccc(Cl)c2Br)C1. The lowest BCUT2D eigenvalue weighted by Gasteiger charge is -2.15. The molecule has 2 nitrogen and oxygen atoms in total. The van der Waals surface area contributed by atoms with Gasteiger partial charge in [0, 0.05) is 12.1 Å². The minimum atomic E-state index is 0.348. The van der Waals surface area contributed by atoms with Crippen LogP contribution in [0.15, 0.2) is 22.7 Å². The maximum atomic E-state index is 6.02. The van der Waals surface area contributed by atoms with Gasteiger partial charge in [0.15, 0.2) is 0 Å². The van der Waals surface area contributed by atoms with Gasteiger partial charge in [0.2, 0.25) is 0 Å². The Kier molecular flexibility index (Phi) is 3.54. The fraction of sp³-hybridized carbons (Fsp3) is 0.455. The fourth-order valence-electron chi connectivity index (χ4n) is 1.98. The molecule has 1 fully saturated rings. The molecule has 0 bridgehead atoms. The first-order valence-corrected chi connectivity index (χ1v) is 6.30. The van der Waals surface area contributed by atoms with Crippen molar-refractivity contribution < 1.29 is 0 Å². The van der Waals surface area contributed by atoms with Crippen molar-refractivity contribution in [3.8, 4) is 0 Å². The molecule has 82 valence electrons. The maximum Gasteiger partial charge on any atom is 0.0593 e. The highest BCUT2D eigenvalue weighted by molar-refractivity contribution is 9.10. The smallest absolute Gasteiger partial charge is 0.0593 e. The fourth-order valence-corrected chi connectivity index (χ4v) is 2.54. The molecule has 3 N–H and O–H groups in total. The molecule has 4 heteroatoms. The van der Waals surface area contributed by atoms with Gasteiger partial charge < -0.3 is 11.1 Å². The predicted molar refractivity (Wildman–Crippen MR) is 68.4 cm³/mol. The van der Waals surface area contributed by atoms with Crippen LogP contribution in [0.5, 0.6) is 0 Å². The van der Waals surface area contributed by atoms with Gasteiger partial charge in [-0.3, -0.25) is 0 Å². The van der Waals surface area contributed by atoms with Gasteiger partial charge in [-0.15, -0.1) is 0 Å². The third-order valence-electron chi connectivity index (χ3n) is 2.78. The number of hydrogen-bond donors (Lipinski definition) is 2. The first-order valence-electron chi connectivity index (χ1n) is 5.13. The van der Waals surface area contributed by atoms with Crippen LogP contribution in [0.1, 0.15) is 19.3 Å². The highest BCUT2D eigenvalue weighted by Crippen LogP contribution is 2.32. The van der Waals surface area contributed by atoms with Crippen molar-refractivity contribution in [3.05, 3.63) is 27.7 Å². The Labute approximate surface area is 103 Å². The number of nitrogens with one attached hydrogen (secondary N) is 1. The second-order valence-electron chi connectivity index (χ2n) is 4.02. The molecule has 0 aliphatic heterocycles. The molecule has 2 unspecified atom stereocenters. The molecule has 1 aromatic carbocycles. The molecule has 1 aliphatic carbocycles. The molecule has 0 spiro atoms. The van der Waals surface area contributed by atoms with Crippen molar-refractivity contribution in [1.29, 1.82) is 0 Å². The lowest BCUT2D eigenvalue weighted by molar-refractivity contribution is 0.688. The number of anilines is 1. The number of nitrogens with two attached hydrogens (primary N) is 1. The molecular formula is C11H14BrClN2. The maximum absolute atomic E-state index is 6.02. The molecule has 0 saturated heterocycles. The van der Waals surface area contributed by atoms with E-state index in [4.69, 9.17) is 17.3 Å². The van der Waals surface area contributed by atoms with E-state index < -0.39 is 0 Å². The van der Waals surface area contributed by atoms with Gasteiger partial charge in [-0.05, 0) is 47.3 Å². The Hall–Kier alpha value is -0.250. The molecule has 15 heavy (non-hydrogen) atoms. The quantitative estimate of drug-likeness (QED) is 0.876. The van der Waals surface area contributed by atoms with Crippen LogP contribution in [-0.4, -0.2) is 12.1 Å². The van der Waals surface area contributed by atoms with E-state index in [0.717, 1.165) is 34.4 Å². The first kappa shape index (κ1) is 11.2. The van der Waals surface area contributed by atoms with E-state index in [9.17, 15) is 0 Å². The van der Waals surface area contributed by atoms with Crippen LogP contribution in [0.25, 0.3) is 0 Å². The number of rotatable bonds is 2. The predicted octanol–water partition coefficient (Wildman–Crippen LogP) is 3.39. The van der Waals surface area contributed by atoms with Crippen molar-refractivity contribution in [3.63, 3.8) is 0 Å². The summed E-state index contributed by atoms with van der Waals surface area (Å²) in [5.41, 5.74) is 6.93. The van der Waals surface area contributed by atoms with E-state index in [0.29, 0.717) is 12.1 Å². The van der Waals surface area contributed by atoms with Gasteiger partial charge in [0.05, 0.1) is 15.2 Å². The summed E-state index contributed by atoms with van der Waals surface area (Å²) in [5, 5.41) is 4.21. The summed E-state index contributed by atoms with van der Waals surface area (Å²) >= 11 is 9.49. The monoisotopic (exact) mass is 288 g/mol.